The highest BCUT2D eigenvalue weighted by molar-refractivity contribution is 6.09. The predicted molar refractivity (Wildman–Crippen MR) is 119 cm³/mol. The summed E-state index contributed by atoms with van der Waals surface area (Å²) in [5, 5.41) is 11.1. The zero-order chi connectivity index (χ0) is 20.3. The number of benzene rings is 2. The number of carbonyl (C=O) groups is 1. The van der Waals surface area contributed by atoms with Gasteiger partial charge in [0.1, 0.15) is 6.10 Å². The molecule has 0 aliphatic heterocycles. The Hall–Kier alpha value is -2.41. The summed E-state index contributed by atoms with van der Waals surface area (Å²) in [6.07, 6.45) is 10.9. The Labute approximate surface area is 175 Å². The largest absolute Gasteiger partial charge is 0.383 e. The number of hydrogen-bond acceptors (Lipinski definition) is 2. The van der Waals surface area contributed by atoms with Gasteiger partial charge in [0.25, 0.3) is 0 Å². The van der Waals surface area contributed by atoms with Gasteiger partial charge in [0.2, 0.25) is 0 Å². The van der Waals surface area contributed by atoms with Crippen LogP contribution in [0.1, 0.15) is 86.2 Å². The Morgan fingerprint density at radius 1 is 0.724 bits per heavy atom. The SMILES string of the molecule is O=C(C(=C=C1CCCCCCCCCC1)[C@H](O)c1ccccc1)c1ccccc1. The Balaban J connectivity index is 1.99. The zero-order valence-electron chi connectivity index (χ0n) is 17.3. The maximum absolute atomic E-state index is 13.3. The monoisotopic (exact) mass is 388 g/mol. The van der Waals surface area contributed by atoms with E-state index in [4.69, 9.17) is 0 Å². The number of aliphatic hydroxyl groups is 1. The smallest absolute Gasteiger partial charge is 0.199 e. The Bertz CT molecular complexity index is 815. The summed E-state index contributed by atoms with van der Waals surface area (Å²) >= 11 is 0. The molecule has 2 aromatic rings. The van der Waals surface area contributed by atoms with Gasteiger partial charge in [-0.25, -0.2) is 0 Å². The third-order valence-corrected chi connectivity index (χ3v) is 5.69. The summed E-state index contributed by atoms with van der Waals surface area (Å²) in [4.78, 5) is 13.3. The molecule has 152 valence electrons. The van der Waals surface area contributed by atoms with Gasteiger partial charge in [-0.3, -0.25) is 4.79 Å². The highest BCUT2D eigenvalue weighted by Gasteiger charge is 2.22. The van der Waals surface area contributed by atoms with E-state index >= 15 is 0 Å². The molecule has 2 heteroatoms. The van der Waals surface area contributed by atoms with Crippen LogP contribution in [0, 0.1) is 0 Å². The van der Waals surface area contributed by atoms with E-state index in [-0.39, 0.29) is 5.78 Å². The molecule has 1 aliphatic carbocycles. The van der Waals surface area contributed by atoms with Gasteiger partial charge in [-0.1, -0.05) is 99.2 Å². The van der Waals surface area contributed by atoms with E-state index in [9.17, 15) is 9.90 Å². The molecule has 0 amide bonds. The molecule has 1 aliphatic rings. The lowest BCUT2D eigenvalue weighted by Gasteiger charge is -2.14. The van der Waals surface area contributed by atoms with E-state index in [1.165, 1.54) is 44.1 Å². The maximum atomic E-state index is 13.3. The van der Waals surface area contributed by atoms with Crippen LogP contribution >= 0.6 is 0 Å². The van der Waals surface area contributed by atoms with Crippen molar-refractivity contribution in [3.8, 4) is 0 Å². The molecule has 1 atom stereocenters. The zero-order valence-corrected chi connectivity index (χ0v) is 17.3. The highest BCUT2D eigenvalue weighted by Crippen LogP contribution is 2.27. The average molecular weight is 389 g/mol. The minimum absolute atomic E-state index is 0.135. The molecular weight excluding hydrogens is 356 g/mol. The molecule has 0 bridgehead atoms. The van der Waals surface area contributed by atoms with Crippen molar-refractivity contribution in [1.82, 2.24) is 0 Å². The summed E-state index contributed by atoms with van der Waals surface area (Å²) in [6, 6.07) is 18.7. The van der Waals surface area contributed by atoms with Crippen LogP contribution in [-0.2, 0) is 0 Å². The van der Waals surface area contributed by atoms with Crippen molar-refractivity contribution in [1.29, 1.82) is 0 Å². The first-order valence-electron chi connectivity index (χ1n) is 11.1. The van der Waals surface area contributed by atoms with Crippen molar-refractivity contribution >= 4 is 5.78 Å². The molecule has 0 heterocycles. The lowest BCUT2D eigenvalue weighted by atomic mass is 9.93. The minimum atomic E-state index is -0.963. The van der Waals surface area contributed by atoms with Gasteiger partial charge in [-0.2, -0.15) is 0 Å². The van der Waals surface area contributed by atoms with Gasteiger partial charge in [-0.15, -0.1) is 5.73 Å². The van der Waals surface area contributed by atoms with E-state index in [0.29, 0.717) is 11.1 Å². The van der Waals surface area contributed by atoms with Gasteiger partial charge in [0, 0.05) is 5.56 Å². The molecule has 3 rings (SSSR count). The summed E-state index contributed by atoms with van der Waals surface area (Å²) in [6.45, 7) is 0. The van der Waals surface area contributed by atoms with Crippen molar-refractivity contribution < 1.29 is 9.90 Å². The normalized spacial score (nSPS) is 16.9. The predicted octanol–water partition coefficient (Wildman–Crippen LogP) is 6.97. The number of aliphatic hydroxyl groups excluding tert-OH is 1. The first-order valence-corrected chi connectivity index (χ1v) is 11.1. The Kier molecular flexibility index (Phi) is 8.49. The van der Waals surface area contributed by atoms with Gasteiger partial charge >= 0.3 is 0 Å². The summed E-state index contributed by atoms with van der Waals surface area (Å²) in [5.41, 5.74) is 6.30. The maximum Gasteiger partial charge on any atom is 0.199 e. The number of Topliss-reactive ketones (excluding diaryl/α,β-unsaturated/α-hetero) is 1. The fourth-order valence-electron chi connectivity index (χ4n) is 3.97. The van der Waals surface area contributed by atoms with Gasteiger partial charge < -0.3 is 5.11 Å². The van der Waals surface area contributed by atoms with Crippen LogP contribution in [0.25, 0.3) is 0 Å². The average Bonchev–Trinajstić information content (AvgIpc) is 2.84. The molecular formula is C27H32O2. The van der Waals surface area contributed by atoms with Crippen LogP contribution in [0.4, 0.5) is 0 Å². The Morgan fingerprint density at radius 2 is 1.21 bits per heavy atom. The van der Waals surface area contributed by atoms with Gasteiger partial charge in [0.15, 0.2) is 5.78 Å². The van der Waals surface area contributed by atoms with E-state index in [1.807, 2.05) is 60.7 Å². The molecule has 2 nitrogen and oxygen atoms in total. The molecule has 1 fully saturated rings. The molecule has 0 saturated heterocycles. The molecule has 29 heavy (non-hydrogen) atoms. The number of hydrogen-bond donors (Lipinski definition) is 1. The molecule has 1 N–H and O–H groups in total. The molecule has 1 saturated carbocycles. The fourth-order valence-corrected chi connectivity index (χ4v) is 3.97. The molecule has 0 unspecified atom stereocenters. The van der Waals surface area contributed by atoms with E-state index in [0.717, 1.165) is 31.2 Å². The lowest BCUT2D eigenvalue weighted by Crippen LogP contribution is -2.12. The van der Waals surface area contributed by atoms with E-state index in [1.54, 1.807) is 0 Å². The second-order valence-corrected chi connectivity index (χ2v) is 7.98. The fraction of sp³-hybridized carbons (Fsp3) is 0.407. The van der Waals surface area contributed by atoms with Crippen LogP contribution in [0.15, 0.2) is 77.5 Å². The lowest BCUT2D eigenvalue weighted by molar-refractivity contribution is 0.0987. The van der Waals surface area contributed by atoms with Crippen LogP contribution in [0.2, 0.25) is 0 Å². The standard InChI is InChI=1S/C27H32O2/c28-26(23-17-11-7-12-18-23)25(27(29)24-19-13-8-14-20-24)21-22-15-9-5-3-1-2-4-6-10-16-22/h7-8,11-14,17-20,26,28H,1-6,9-10,15-16H2/t26-/m1/s1. The summed E-state index contributed by atoms with van der Waals surface area (Å²) in [5.74, 6) is -0.135. The van der Waals surface area contributed by atoms with Crippen LogP contribution < -0.4 is 0 Å². The number of rotatable bonds is 4. The van der Waals surface area contributed by atoms with Crippen molar-refractivity contribution in [2.24, 2.45) is 0 Å². The third-order valence-electron chi connectivity index (χ3n) is 5.69. The topological polar surface area (TPSA) is 37.3 Å². The van der Waals surface area contributed by atoms with Crippen molar-refractivity contribution in [2.75, 3.05) is 0 Å². The minimum Gasteiger partial charge on any atom is -0.383 e. The second-order valence-electron chi connectivity index (χ2n) is 7.98. The first-order chi connectivity index (χ1) is 14.3. The van der Waals surface area contributed by atoms with Crippen LogP contribution in [0.3, 0.4) is 0 Å². The number of carbonyl (C=O) groups excluding carboxylic acids is 1. The highest BCUT2D eigenvalue weighted by atomic mass is 16.3. The molecule has 0 spiro atoms. The Morgan fingerprint density at radius 3 is 1.76 bits per heavy atom. The third kappa shape index (κ3) is 6.56. The first kappa shape index (κ1) is 21.3. The van der Waals surface area contributed by atoms with Gasteiger partial charge in [-0.05, 0) is 36.8 Å². The van der Waals surface area contributed by atoms with E-state index in [2.05, 4.69) is 5.73 Å². The van der Waals surface area contributed by atoms with Crippen molar-refractivity contribution in [2.45, 2.75) is 70.3 Å². The molecule has 2 aromatic carbocycles. The second kappa shape index (κ2) is 11.6. The molecule has 0 aromatic heterocycles. The number of ketones is 1. The summed E-state index contributed by atoms with van der Waals surface area (Å²) < 4.78 is 0. The van der Waals surface area contributed by atoms with Crippen molar-refractivity contribution in [3.63, 3.8) is 0 Å². The van der Waals surface area contributed by atoms with E-state index < -0.39 is 6.10 Å². The molecule has 0 radical (unpaired) electrons. The van der Waals surface area contributed by atoms with Crippen molar-refractivity contribution in [3.05, 3.63) is 88.7 Å². The summed E-state index contributed by atoms with van der Waals surface area (Å²) in [7, 11) is 0. The quantitative estimate of drug-likeness (QED) is 0.349. The van der Waals surface area contributed by atoms with Crippen LogP contribution in [0.5, 0.6) is 0 Å². The van der Waals surface area contributed by atoms with Crippen LogP contribution in [-0.4, -0.2) is 10.9 Å². The van der Waals surface area contributed by atoms with Gasteiger partial charge in [0.05, 0.1) is 5.57 Å².